The minimum atomic E-state index is -0.936. The van der Waals surface area contributed by atoms with Gasteiger partial charge in [0.05, 0.1) is 5.02 Å². The van der Waals surface area contributed by atoms with Crippen LogP contribution in [0.4, 0.5) is 13.2 Å². The van der Waals surface area contributed by atoms with Crippen molar-refractivity contribution in [3.8, 4) is 0 Å². The van der Waals surface area contributed by atoms with Gasteiger partial charge in [-0.1, -0.05) is 29.8 Å². The van der Waals surface area contributed by atoms with Crippen LogP contribution in [0.25, 0.3) is 0 Å². The van der Waals surface area contributed by atoms with Gasteiger partial charge in [0.2, 0.25) is 0 Å². The topological polar surface area (TPSA) is 26.0 Å². The number of nitrogens with two attached hydrogens (primary N) is 1. The van der Waals surface area contributed by atoms with Gasteiger partial charge in [-0.25, -0.2) is 13.2 Å². The first-order valence-electron chi connectivity index (χ1n) is 6.04. The molecule has 2 aromatic rings. The van der Waals surface area contributed by atoms with Crippen LogP contribution in [0.5, 0.6) is 0 Å². The fourth-order valence-electron chi connectivity index (χ4n) is 2.06. The quantitative estimate of drug-likeness (QED) is 0.898. The van der Waals surface area contributed by atoms with E-state index < -0.39 is 23.5 Å². The van der Waals surface area contributed by atoms with E-state index in [1.165, 1.54) is 31.2 Å². The van der Waals surface area contributed by atoms with Crippen LogP contribution in [0.3, 0.4) is 0 Å². The maximum absolute atomic E-state index is 14.0. The summed E-state index contributed by atoms with van der Waals surface area (Å²) in [7, 11) is 0. The average Bonchev–Trinajstić information content (AvgIpc) is 2.40. The Morgan fingerprint density at radius 2 is 1.80 bits per heavy atom. The monoisotopic (exact) mass is 299 g/mol. The molecule has 1 atom stereocenters. The second-order valence-electron chi connectivity index (χ2n) is 4.62. The van der Waals surface area contributed by atoms with Gasteiger partial charge in [0.1, 0.15) is 17.5 Å². The highest BCUT2D eigenvalue weighted by atomic mass is 35.5. The standard InChI is InChI=1S/C15H13ClF3N/c1-8-5-6-10(17)13(15(8)19)12(20)7-9-3-2-4-11(18)14(9)16/h2-6,12H,7,20H2,1H3. The van der Waals surface area contributed by atoms with E-state index in [2.05, 4.69) is 0 Å². The van der Waals surface area contributed by atoms with Crippen molar-refractivity contribution < 1.29 is 13.2 Å². The van der Waals surface area contributed by atoms with Crippen LogP contribution >= 0.6 is 11.6 Å². The maximum Gasteiger partial charge on any atom is 0.142 e. The van der Waals surface area contributed by atoms with Crippen molar-refractivity contribution >= 4 is 11.6 Å². The molecule has 106 valence electrons. The highest BCUT2D eigenvalue weighted by molar-refractivity contribution is 6.31. The summed E-state index contributed by atoms with van der Waals surface area (Å²) in [4.78, 5) is 0. The van der Waals surface area contributed by atoms with Crippen LogP contribution in [0.2, 0.25) is 5.02 Å². The molecular formula is C15H13ClF3N. The van der Waals surface area contributed by atoms with Gasteiger partial charge in [-0.15, -0.1) is 0 Å². The predicted molar refractivity (Wildman–Crippen MR) is 73.1 cm³/mol. The fraction of sp³-hybridized carbons (Fsp3) is 0.200. The third kappa shape index (κ3) is 2.81. The maximum atomic E-state index is 14.0. The van der Waals surface area contributed by atoms with Crippen LogP contribution in [0, 0.1) is 24.4 Å². The lowest BCUT2D eigenvalue weighted by Crippen LogP contribution is -2.18. The molecule has 0 fully saturated rings. The van der Waals surface area contributed by atoms with Crippen molar-refractivity contribution in [3.05, 3.63) is 69.5 Å². The molecule has 2 N–H and O–H groups in total. The van der Waals surface area contributed by atoms with E-state index in [-0.39, 0.29) is 17.0 Å². The molecule has 2 aromatic carbocycles. The summed E-state index contributed by atoms with van der Waals surface area (Å²) in [6.07, 6.45) is 0.0495. The van der Waals surface area contributed by atoms with E-state index in [9.17, 15) is 13.2 Å². The first-order valence-corrected chi connectivity index (χ1v) is 6.42. The van der Waals surface area contributed by atoms with Gasteiger partial charge in [0.25, 0.3) is 0 Å². The molecule has 0 heterocycles. The Morgan fingerprint density at radius 3 is 2.50 bits per heavy atom. The molecule has 20 heavy (non-hydrogen) atoms. The van der Waals surface area contributed by atoms with Gasteiger partial charge in [0.15, 0.2) is 0 Å². The SMILES string of the molecule is Cc1ccc(F)c(C(N)Cc2cccc(F)c2Cl)c1F. The lowest BCUT2D eigenvalue weighted by Gasteiger charge is -2.16. The third-order valence-electron chi connectivity index (χ3n) is 3.16. The highest BCUT2D eigenvalue weighted by Crippen LogP contribution is 2.28. The Labute approximate surface area is 120 Å². The number of hydrogen-bond donors (Lipinski definition) is 1. The number of rotatable bonds is 3. The smallest absolute Gasteiger partial charge is 0.142 e. The molecule has 0 spiro atoms. The zero-order valence-electron chi connectivity index (χ0n) is 10.8. The summed E-state index contributed by atoms with van der Waals surface area (Å²) in [6, 6.07) is 5.85. The molecule has 0 saturated heterocycles. The summed E-state index contributed by atoms with van der Waals surface area (Å²) >= 11 is 5.82. The number of hydrogen-bond acceptors (Lipinski definition) is 1. The number of halogens is 4. The molecule has 0 aromatic heterocycles. The van der Waals surface area contributed by atoms with Gasteiger partial charge in [0, 0.05) is 11.6 Å². The van der Waals surface area contributed by atoms with Gasteiger partial charge in [-0.05, 0) is 36.6 Å². The Bertz CT molecular complexity index is 643. The van der Waals surface area contributed by atoms with Crippen LogP contribution in [-0.4, -0.2) is 0 Å². The second-order valence-corrected chi connectivity index (χ2v) is 4.99. The molecule has 0 aliphatic rings. The molecule has 1 nitrogen and oxygen atoms in total. The van der Waals surface area contributed by atoms with Crippen molar-refractivity contribution in [2.45, 2.75) is 19.4 Å². The average molecular weight is 300 g/mol. The minimum absolute atomic E-state index is 0.0495. The van der Waals surface area contributed by atoms with Crippen molar-refractivity contribution in [2.75, 3.05) is 0 Å². The Morgan fingerprint density at radius 1 is 1.10 bits per heavy atom. The molecule has 5 heteroatoms. The van der Waals surface area contributed by atoms with Gasteiger partial charge in [-0.3, -0.25) is 0 Å². The van der Waals surface area contributed by atoms with Gasteiger partial charge in [-0.2, -0.15) is 0 Å². The summed E-state index contributed by atoms with van der Waals surface area (Å²) < 4.78 is 41.0. The molecule has 0 aliphatic heterocycles. The summed E-state index contributed by atoms with van der Waals surface area (Å²) in [5.41, 5.74) is 6.38. The normalized spacial score (nSPS) is 12.5. The Balaban J connectivity index is 2.36. The molecule has 0 radical (unpaired) electrons. The molecule has 0 bridgehead atoms. The van der Waals surface area contributed by atoms with Crippen molar-refractivity contribution in [1.29, 1.82) is 0 Å². The van der Waals surface area contributed by atoms with Gasteiger partial charge >= 0.3 is 0 Å². The first-order chi connectivity index (χ1) is 9.41. The first kappa shape index (κ1) is 14.9. The van der Waals surface area contributed by atoms with E-state index in [1.54, 1.807) is 6.07 Å². The lowest BCUT2D eigenvalue weighted by atomic mass is 9.97. The number of benzene rings is 2. The molecule has 0 saturated carbocycles. The van der Waals surface area contributed by atoms with Crippen LogP contribution in [0.15, 0.2) is 30.3 Å². The van der Waals surface area contributed by atoms with E-state index in [1.807, 2.05) is 0 Å². The zero-order valence-corrected chi connectivity index (χ0v) is 11.5. The van der Waals surface area contributed by atoms with Crippen molar-refractivity contribution in [2.24, 2.45) is 5.73 Å². The van der Waals surface area contributed by atoms with E-state index in [4.69, 9.17) is 17.3 Å². The minimum Gasteiger partial charge on any atom is -0.323 e. The van der Waals surface area contributed by atoms with Gasteiger partial charge < -0.3 is 5.73 Å². The largest absolute Gasteiger partial charge is 0.323 e. The molecule has 1 unspecified atom stereocenters. The highest BCUT2D eigenvalue weighted by Gasteiger charge is 2.20. The van der Waals surface area contributed by atoms with E-state index in [0.29, 0.717) is 11.1 Å². The van der Waals surface area contributed by atoms with Crippen LogP contribution in [-0.2, 0) is 6.42 Å². The summed E-state index contributed by atoms with van der Waals surface area (Å²) in [5, 5.41) is -0.0728. The van der Waals surface area contributed by atoms with Crippen molar-refractivity contribution in [1.82, 2.24) is 0 Å². The summed E-state index contributed by atoms with van der Waals surface area (Å²) in [5.74, 6) is -1.97. The third-order valence-corrected chi connectivity index (χ3v) is 3.59. The molecule has 2 rings (SSSR count). The fourth-order valence-corrected chi connectivity index (χ4v) is 2.27. The van der Waals surface area contributed by atoms with Crippen LogP contribution < -0.4 is 5.73 Å². The Hall–Kier alpha value is -1.52. The summed E-state index contributed by atoms with van der Waals surface area (Å²) in [6.45, 7) is 1.53. The van der Waals surface area contributed by atoms with E-state index >= 15 is 0 Å². The molecule has 0 aliphatic carbocycles. The predicted octanol–water partition coefficient (Wildman–Crippen LogP) is 4.31. The number of aryl methyl sites for hydroxylation is 1. The lowest BCUT2D eigenvalue weighted by molar-refractivity contribution is 0.519. The Kier molecular flexibility index (Phi) is 4.35. The van der Waals surface area contributed by atoms with E-state index in [0.717, 1.165) is 0 Å². The molecular weight excluding hydrogens is 287 g/mol. The van der Waals surface area contributed by atoms with Crippen LogP contribution in [0.1, 0.15) is 22.7 Å². The zero-order chi connectivity index (χ0) is 14.9. The second kappa shape index (κ2) is 5.85. The van der Waals surface area contributed by atoms with Crippen molar-refractivity contribution in [3.63, 3.8) is 0 Å². The molecule has 0 amide bonds.